The Morgan fingerprint density at radius 3 is 0.471 bits per heavy atom. The molecule has 4 N–H and O–H groups in total. The molecule has 0 unspecified atom stereocenters. The van der Waals surface area contributed by atoms with E-state index in [1.54, 1.807) is 0 Å². The Morgan fingerprint density at radius 1 is 0.250 bits per heavy atom. The molecule has 68 heavy (non-hydrogen) atoms. The van der Waals surface area contributed by atoms with E-state index < -0.39 is 0 Å². The van der Waals surface area contributed by atoms with E-state index in [1.807, 2.05) is 0 Å². The molecule has 0 atom stereocenters. The lowest BCUT2D eigenvalue weighted by Crippen LogP contribution is -2.35. The highest BCUT2D eigenvalue weighted by molar-refractivity contribution is 5.53. The number of phenols is 4. The fourth-order valence-corrected chi connectivity index (χ4v) is 9.46. The van der Waals surface area contributed by atoms with Crippen LogP contribution >= 0.6 is 0 Å². The van der Waals surface area contributed by atoms with Gasteiger partial charge in [0, 0.05) is 39.3 Å². The molecule has 378 valence electrons. The van der Waals surface area contributed by atoms with Gasteiger partial charge < -0.3 is 20.4 Å². The lowest BCUT2D eigenvalue weighted by molar-refractivity contribution is 0.182. The van der Waals surface area contributed by atoms with Crippen molar-refractivity contribution >= 4 is 0 Å². The van der Waals surface area contributed by atoms with Crippen LogP contribution in [0, 0.1) is 0 Å². The summed E-state index contributed by atoms with van der Waals surface area (Å²) in [4.78, 5) is 5.08. The van der Waals surface area contributed by atoms with Crippen molar-refractivity contribution in [2.24, 2.45) is 0 Å². The summed E-state index contributed by atoms with van der Waals surface area (Å²) >= 11 is 0. The topological polar surface area (TPSA) is 87.4 Å². The summed E-state index contributed by atoms with van der Waals surface area (Å²) in [5, 5.41) is 47.2. The number of nitrogens with zero attached hydrogens (tertiary/aromatic N) is 2. The number of hydrogen-bond acceptors (Lipinski definition) is 6. The fraction of sp³-hybridized carbons (Fsp3) is 0.613. The standard InChI is InChI=1S/C62H96N2O4/c1-55(2,3)43-27-39(28-44(51(43)65)56(4,5)6)35-63(36-40-29-45(57(7,8)9)52(66)46(30-40)58(10,11)12)25-26-64(37-41-31-47(59(13,14)15)53(67)48(32-41)60(16,17)18)38-42-33-49(61(19,20)21)54(68)50(34-42)62(22,23)24/h27-34,65-68H,25-26,35-38H2,1-24H3. The zero-order valence-electron chi connectivity index (χ0n) is 47.5. The summed E-state index contributed by atoms with van der Waals surface area (Å²) < 4.78 is 0. The minimum Gasteiger partial charge on any atom is -0.507 e. The van der Waals surface area contributed by atoms with Crippen LogP contribution in [0.3, 0.4) is 0 Å². The average Bonchev–Trinajstić information content (AvgIpc) is 3.12. The quantitative estimate of drug-likeness (QED) is 0.120. The van der Waals surface area contributed by atoms with Crippen molar-refractivity contribution in [2.45, 2.75) is 236 Å². The second-order valence-corrected chi connectivity index (χ2v) is 28.6. The highest BCUT2D eigenvalue weighted by atomic mass is 16.3. The van der Waals surface area contributed by atoms with Crippen LogP contribution in [0.4, 0.5) is 0 Å². The molecule has 0 fully saturated rings. The fourth-order valence-electron chi connectivity index (χ4n) is 9.46. The van der Waals surface area contributed by atoms with Gasteiger partial charge in [-0.25, -0.2) is 0 Å². The average molecular weight is 933 g/mol. The Balaban J connectivity index is 2.00. The molecule has 0 saturated heterocycles. The number of hydrogen-bond donors (Lipinski definition) is 4. The molecule has 0 aromatic heterocycles. The lowest BCUT2D eigenvalue weighted by atomic mass is 9.78. The summed E-state index contributed by atoms with van der Waals surface area (Å²) in [5.74, 6) is 1.52. The van der Waals surface area contributed by atoms with Crippen molar-refractivity contribution in [3.05, 3.63) is 115 Å². The van der Waals surface area contributed by atoms with Crippen LogP contribution in [-0.2, 0) is 69.5 Å². The first kappa shape index (κ1) is 56.6. The first-order valence-electron chi connectivity index (χ1n) is 25.3. The molecule has 0 spiro atoms. The van der Waals surface area contributed by atoms with Gasteiger partial charge in [-0.2, -0.15) is 0 Å². The number of benzene rings is 4. The van der Waals surface area contributed by atoms with E-state index in [1.165, 1.54) is 0 Å². The number of aromatic hydroxyl groups is 4. The summed E-state index contributed by atoms with van der Waals surface area (Å²) in [6, 6.07) is 17.7. The van der Waals surface area contributed by atoms with Gasteiger partial charge >= 0.3 is 0 Å². The Hall–Kier alpha value is -4.00. The Bertz CT molecular complexity index is 1940. The van der Waals surface area contributed by atoms with Gasteiger partial charge in [-0.1, -0.05) is 215 Å². The van der Waals surface area contributed by atoms with Crippen molar-refractivity contribution in [3.63, 3.8) is 0 Å². The predicted molar refractivity (Wildman–Crippen MR) is 290 cm³/mol. The second kappa shape index (κ2) is 19.3. The van der Waals surface area contributed by atoms with E-state index in [0.717, 1.165) is 79.9 Å². The van der Waals surface area contributed by atoms with Crippen LogP contribution in [0.2, 0.25) is 0 Å². The monoisotopic (exact) mass is 933 g/mol. The molecule has 0 amide bonds. The Kier molecular flexibility index (Phi) is 16.1. The smallest absolute Gasteiger partial charge is 0.123 e. The molecule has 0 radical (unpaired) electrons. The third-order valence-electron chi connectivity index (χ3n) is 13.5. The Labute approximate surface area is 415 Å². The van der Waals surface area contributed by atoms with Crippen LogP contribution in [0.15, 0.2) is 48.5 Å². The first-order chi connectivity index (χ1) is 30.4. The van der Waals surface area contributed by atoms with E-state index in [9.17, 15) is 20.4 Å². The van der Waals surface area contributed by atoms with Crippen molar-refractivity contribution in [3.8, 4) is 23.0 Å². The van der Waals surface area contributed by atoms with Crippen LogP contribution in [0.25, 0.3) is 0 Å². The molecule has 0 aliphatic carbocycles. The SMILES string of the molecule is CC(C)(C)c1cc(CN(CCN(Cc2cc(C(C)(C)C)c(O)c(C(C)(C)C)c2)Cc2cc(C(C)(C)C)c(O)c(C(C)(C)C)c2)Cc2cc(C(C)(C)C)c(O)c(C(C)(C)C)c2)cc(C(C)(C)C)c1O. The first-order valence-corrected chi connectivity index (χ1v) is 25.3. The predicted octanol–water partition coefficient (Wildman–Crippen LogP) is 15.6. The molecule has 0 aliphatic rings. The van der Waals surface area contributed by atoms with Crippen molar-refractivity contribution in [1.82, 2.24) is 9.80 Å². The van der Waals surface area contributed by atoms with Gasteiger partial charge in [0.2, 0.25) is 0 Å². The van der Waals surface area contributed by atoms with E-state index in [4.69, 9.17) is 0 Å². The van der Waals surface area contributed by atoms with Gasteiger partial charge in [0.1, 0.15) is 23.0 Å². The van der Waals surface area contributed by atoms with E-state index >= 15 is 0 Å². The van der Waals surface area contributed by atoms with Crippen LogP contribution < -0.4 is 0 Å². The molecule has 0 bridgehead atoms. The maximum atomic E-state index is 11.8. The number of phenolic OH excluding ortho intramolecular Hbond substituents is 4. The maximum Gasteiger partial charge on any atom is 0.123 e. The third-order valence-corrected chi connectivity index (χ3v) is 13.5. The van der Waals surface area contributed by atoms with E-state index in [-0.39, 0.29) is 43.3 Å². The van der Waals surface area contributed by atoms with Gasteiger partial charge in [0.05, 0.1) is 0 Å². The molecule has 0 saturated carbocycles. The van der Waals surface area contributed by atoms with Gasteiger partial charge in [-0.3, -0.25) is 9.80 Å². The van der Waals surface area contributed by atoms with Gasteiger partial charge in [0.25, 0.3) is 0 Å². The second-order valence-electron chi connectivity index (χ2n) is 28.6. The highest BCUT2D eigenvalue weighted by Crippen LogP contribution is 2.44. The zero-order chi connectivity index (χ0) is 52.3. The van der Waals surface area contributed by atoms with Crippen LogP contribution in [0.5, 0.6) is 23.0 Å². The minimum atomic E-state index is -0.272. The molecule has 0 aliphatic heterocycles. The van der Waals surface area contributed by atoms with Gasteiger partial charge in [-0.15, -0.1) is 0 Å². The Morgan fingerprint density at radius 2 is 0.368 bits per heavy atom. The summed E-state index contributed by atoms with van der Waals surface area (Å²) in [6.45, 7) is 56.2. The largest absolute Gasteiger partial charge is 0.507 e. The summed E-state index contributed by atoms with van der Waals surface area (Å²) in [6.07, 6.45) is 0. The van der Waals surface area contributed by atoms with Gasteiger partial charge in [0.15, 0.2) is 0 Å². The van der Waals surface area contributed by atoms with Crippen molar-refractivity contribution in [2.75, 3.05) is 13.1 Å². The number of rotatable bonds is 11. The minimum absolute atomic E-state index is 0.272. The normalized spacial score (nSPS) is 13.9. The zero-order valence-corrected chi connectivity index (χ0v) is 47.5. The molecule has 0 heterocycles. The maximum absolute atomic E-state index is 11.8. The van der Waals surface area contributed by atoms with Gasteiger partial charge in [-0.05, 0) is 110 Å². The molecule has 6 heteroatoms. The molecule has 6 nitrogen and oxygen atoms in total. The summed E-state index contributed by atoms with van der Waals surface area (Å²) in [5.41, 5.74) is 10.0. The molecular weight excluding hydrogens is 837 g/mol. The van der Waals surface area contributed by atoms with E-state index in [2.05, 4.69) is 225 Å². The van der Waals surface area contributed by atoms with Crippen molar-refractivity contribution in [1.29, 1.82) is 0 Å². The molecule has 4 aromatic carbocycles. The molecular formula is C62H96N2O4. The third kappa shape index (κ3) is 13.9. The lowest BCUT2D eigenvalue weighted by Gasteiger charge is -2.33. The highest BCUT2D eigenvalue weighted by Gasteiger charge is 2.32. The molecule has 4 aromatic rings. The van der Waals surface area contributed by atoms with Crippen LogP contribution in [0.1, 0.15) is 233 Å². The van der Waals surface area contributed by atoms with Crippen molar-refractivity contribution < 1.29 is 20.4 Å². The van der Waals surface area contributed by atoms with Crippen LogP contribution in [-0.4, -0.2) is 43.3 Å². The molecule has 4 rings (SSSR count). The summed E-state index contributed by atoms with van der Waals surface area (Å²) in [7, 11) is 0. The van der Waals surface area contributed by atoms with E-state index in [0.29, 0.717) is 49.2 Å².